The van der Waals surface area contributed by atoms with Crippen LogP contribution in [0.15, 0.2) is 12.2 Å². The van der Waals surface area contributed by atoms with Crippen LogP contribution in [0.3, 0.4) is 0 Å². The fourth-order valence-corrected chi connectivity index (χ4v) is 9.51. The molecule has 7 unspecified atom stereocenters. The van der Waals surface area contributed by atoms with E-state index in [2.05, 4.69) is 31.3 Å². The summed E-state index contributed by atoms with van der Waals surface area (Å²) in [5.74, 6) is -0.141. The number of unbranched alkanes of at least 4 members (excludes halogenated alkanes) is 38. The number of amides is 1. The molecule has 7 atom stereocenters. The summed E-state index contributed by atoms with van der Waals surface area (Å²) >= 11 is 0. The predicted octanol–water partition coefficient (Wildman–Crippen LogP) is 14.0. The Morgan fingerprint density at radius 1 is 0.500 bits per heavy atom. The summed E-state index contributed by atoms with van der Waals surface area (Å²) in [6.07, 6.45) is 50.9. The number of aliphatic hydroxyl groups excluding tert-OH is 5. The zero-order valence-corrected chi connectivity index (χ0v) is 43.5. The largest absolute Gasteiger partial charge is 0.394 e. The molecule has 0 saturated carbocycles. The van der Waals surface area contributed by atoms with E-state index >= 15 is 0 Å². The van der Waals surface area contributed by atoms with Crippen LogP contribution in [0.1, 0.15) is 290 Å². The van der Waals surface area contributed by atoms with Crippen molar-refractivity contribution in [1.29, 1.82) is 0 Å². The second-order valence-electron chi connectivity index (χ2n) is 20.4. The molecule has 0 bridgehead atoms. The lowest BCUT2D eigenvalue weighted by Crippen LogP contribution is -2.60. The predicted molar refractivity (Wildman–Crippen MR) is 277 cm³/mol. The number of nitrogens with one attached hydrogen (secondary N) is 1. The van der Waals surface area contributed by atoms with Gasteiger partial charge in [0.1, 0.15) is 24.4 Å². The van der Waals surface area contributed by atoms with Gasteiger partial charge in [0.15, 0.2) is 6.29 Å². The van der Waals surface area contributed by atoms with Gasteiger partial charge in [-0.1, -0.05) is 257 Å². The zero-order valence-electron chi connectivity index (χ0n) is 43.5. The maximum absolute atomic E-state index is 13.1. The van der Waals surface area contributed by atoms with Gasteiger partial charge in [0.2, 0.25) is 5.91 Å². The summed E-state index contributed by atoms with van der Waals surface area (Å²) in [7, 11) is 0. The highest BCUT2D eigenvalue weighted by molar-refractivity contribution is 5.76. The van der Waals surface area contributed by atoms with E-state index in [1.807, 2.05) is 0 Å². The Kier molecular flexibility index (Phi) is 45.4. The molecular formula is C57H111NO8. The van der Waals surface area contributed by atoms with Gasteiger partial charge in [-0.05, 0) is 38.5 Å². The molecule has 0 aliphatic carbocycles. The summed E-state index contributed by atoms with van der Waals surface area (Å²) in [5, 5.41) is 54.7. The van der Waals surface area contributed by atoms with E-state index in [9.17, 15) is 30.3 Å². The summed E-state index contributed by atoms with van der Waals surface area (Å²) < 4.78 is 11.3. The van der Waals surface area contributed by atoms with Gasteiger partial charge in [-0.2, -0.15) is 0 Å². The third kappa shape index (κ3) is 36.9. The van der Waals surface area contributed by atoms with Gasteiger partial charge in [-0.15, -0.1) is 0 Å². The smallest absolute Gasteiger partial charge is 0.220 e. The first kappa shape index (κ1) is 62.9. The summed E-state index contributed by atoms with van der Waals surface area (Å²) in [6.45, 7) is 3.88. The molecule has 1 aliphatic heterocycles. The standard InChI is InChI=1S/C57H111NO8/c1-3-5-7-9-11-13-15-17-19-21-23-25-27-28-30-32-34-36-38-40-42-44-46-51(60)50(49-65-57-56(64)55(63)54(62)52(48-59)66-57)58-53(61)47-45-43-41-39-37-35-33-31-29-26-24-22-20-18-16-14-12-10-8-6-4-2/h22,24,50-52,54-57,59-60,62-64H,3-21,23,25-49H2,1-2H3,(H,58,61)/b24-22-. The minimum atomic E-state index is -1.55. The number of carbonyl (C=O) groups excluding carboxylic acids is 1. The van der Waals surface area contributed by atoms with Crippen LogP contribution < -0.4 is 5.32 Å². The maximum Gasteiger partial charge on any atom is 0.220 e. The van der Waals surface area contributed by atoms with Crippen molar-refractivity contribution in [2.45, 2.75) is 333 Å². The van der Waals surface area contributed by atoms with E-state index in [4.69, 9.17) is 9.47 Å². The van der Waals surface area contributed by atoms with Crippen LogP contribution in [0.2, 0.25) is 0 Å². The molecule has 0 aromatic rings. The van der Waals surface area contributed by atoms with E-state index in [-0.39, 0.29) is 12.5 Å². The summed E-state index contributed by atoms with van der Waals surface area (Å²) in [6, 6.07) is -0.717. The molecule has 0 radical (unpaired) electrons. The van der Waals surface area contributed by atoms with Crippen LogP contribution in [-0.2, 0) is 14.3 Å². The topological polar surface area (TPSA) is 149 Å². The molecule has 0 aromatic carbocycles. The molecule has 0 aromatic heterocycles. The van der Waals surface area contributed by atoms with Crippen LogP contribution in [0, 0.1) is 0 Å². The number of carbonyl (C=O) groups is 1. The van der Waals surface area contributed by atoms with Gasteiger partial charge < -0.3 is 40.3 Å². The Hall–Kier alpha value is -1.07. The molecule has 0 spiro atoms. The molecule has 9 nitrogen and oxygen atoms in total. The number of rotatable bonds is 50. The van der Waals surface area contributed by atoms with Crippen molar-refractivity contribution in [2.24, 2.45) is 0 Å². The monoisotopic (exact) mass is 938 g/mol. The van der Waals surface area contributed by atoms with Crippen LogP contribution in [0.4, 0.5) is 0 Å². The molecule has 1 heterocycles. The fourth-order valence-electron chi connectivity index (χ4n) is 9.51. The fraction of sp³-hybridized carbons (Fsp3) is 0.947. The van der Waals surface area contributed by atoms with Crippen LogP contribution in [0.25, 0.3) is 0 Å². The first-order chi connectivity index (χ1) is 32.3. The first-order valence-corrected chi connectivity index (χ1v) is 28.9. The molecule has 1 amide bonds. The second kappa shape index (κ2) is 47.6. The molecule has 6 N–H and O–H groups in total. The number of aliphatic hydroxyl groups is 5. The number of allylic oxidation sites excluding steroid dienone is 2. The van der Waals surface area contributed by atoms with Gasteiger partial charge in [0.25, 0.3) is 0 Å². The second-order valence-corrected chi connectivity index (χ2v) is 20.4. The van der Waals surface area contributed by atoms with Gasteiger partial charge >= 0.3 is 0 Å². The molecule has 9 heteroatoms. The van der Waals surface area contributed by atoms with E-state index in [0.717, 1.165) is 38.5 Å². The van der Waals surface area contributed by atoms with Crippen molar-refractivity contribution in [3.8, 4) is 0 Å². The van der Waals surface area contributed by atoms with Crippen molar-refractivity contribution < 1.29 is 39.8 Å². The van der Waals surface area contributed by atoms with Gasteiger partial charge in [-0.25, -0.2) is 0 Å². The Morgan fingerprint density at radius 2 is 0.848 bits per heavy atom. The maximum atomic E-state index is 13.1. The third-order valence-electron chi connectivity index (χ3n) is 14.1. The first-order valence-electron chi connectivity index (χ1n) is 28.9. The lowest BCUT2D eigenvalue weighted by Gasteiger charge is -2.40. The minimum absolute atomic E-state index is 0.134. The van der Waals surface area contributed by atoms with Crippen LogP contribution >= 0.6 is 0 Å². The highest BCUT2D eigenvalue weighted by Gasteiger charge is 2.44. The molecule has 392 valence electrons. The van der Waals surface area contributed by atoms with Crippen LogP contribution in [0.5, 0.6) is 0 Å². The highest BCUT2D eigenvalue weighted by atomic mass is 16.7. The number of ether oxygens (including phenoxy) is 2. The molecule has 1 rings (SSSR count). The van der Waals surface area contributed by atoms with E-state index in [0.29, 0.717) is 12.8 Å². The Bertz CT molecular complexity index is 1040. The molecule has 1 aliphatic rings. The Labute approximate surface area is 407 Å². The average molecular weight is 939 g/mol. The van der Waals surface area contributed by atoms with Crippen molar-refractivity contribution in [3.63, 3.8) is 0 Å². The highest BCUT2D eigenvalue weighted by Crippen LogP contribution is 2.23. The quantitative estimate of drug-likeness (QED) is 0.0261. The van der Waals surface area contributed by atoms with Crippen molar-refractivity contribution in [3.05, 3.63) is 12.2 Å². The normalized spacial score (nSPS) is 19.8. The van der Waals surface area contributed by atoms with E-state index in [1.54, 1.807) is 0 Å². The van der Waals surface area contributed by atoms with Crippen molar-refractivity contribution >= 4 is 5.91 Å². The average Bonchev–Trinajstić information content (AvgIpc) is 3.32. The van der Waals surface area contributed by atoms with Gasteiger partial charge in [0, 0.05) is 6.42 Å². The van der Waals surface area contributed by atoms with E-state index in [1.165, 1.54) is 225 Å². The molecule has 66 heavy (non-hydrogen) atoms. The van der Waals surface area contributed by atoms with Gasteiger partial charge in [-0.3, -0.25) is 4.79 Å². The SMILES string of the molecule is CCCCCCCCCC/C=C\CCCCCCCCCCCC(=O)NC(COC1OC(CO)C(O)C(O)C1O)C(O)CCCCCCCCCCCCCCCCCCCCCCCC. The Morgan fingerprint density at radius 3 is 1.23 bits per heavy atom. The minimum Gasteiger partial charge on any atom is -0.394 e. The Balaban J connectivity index is 2.21. The third-order valence-corrected chi connectivity index (χ3v) is 14.1. The molecule has 1 saturated heterocycles. The molecular weight excluding hydrogens is 827 g/mol. The molecule has 1 fully saturated rings. The lowest BCUT2D eigenvalue weighted by atomic mass is 9.99. The van der Waals surface area contributed by atoms with Crippen LogP contribution in [-0.4, -0.2) is 87.5 Å². The van der Waals surface area contributed by atoms with Crippen molar-refractivity contribution in [1.82, 2.24) is 5.32 Å². The summed E-state index contributed by atoms with van der Waals surface area (Å²) in [4.78, 5) is 13.1. The zero-order chi connectivity index (χ0) is 48.0. The lowest BCUT2D eigenvalue weighted by molar-refractivity contribution is -0.302. The number of hydrogen-bond donors (Lipinski definition) is 6. The number of hydrogen-bond acceptors (Lipinski definition) is 8. The van der Waals surface area contributed by atoms with Gasteiger partial charge in [0.05, 0.1) is 25.4 Å². The summed E-state index contributed by atoms with van der Waals surface area (Å²) in [5.41, 5.74) is 0. The van der Waals surface area contributed by atoms with E-state index < -0.39 is 49.5 Å². The van der Waals surface area contributed by atoms with Crippen molar-refractivity contribution in [2.75, 3.05) is 13.2 Å².